The smallest absolute Gasteiger partial charge is 0.293 e. The molecule has 6 nitrogen and oxygen atoms in total. The molecule has 0 saturated heterocycles. The summed E-state index contributed by atoms with van der Waals surface area (Å²) in [7, 11) is 0. The van der Waals surface area contributed by atoms with Gasteiger partial charge in [-0.15, -0.1) is 0 Å². The summed E-state index contributed by atoms with van der Waals surface area (Å²) < 4.78 is 1.63. The third-order valence-electron chi connectivity index (χ3n) is 4.08. The lowest BCUT2D eigenvalue weighted by Gasteiger charge is -2.32. The number of rotatable bonds is 2. The number of carbonyl (C=O) groups excluding carboxylic acids is 1. The van der Waals surface area contributed by atoms with Crippen molar-refractivity contribution in [2.75, 3.05) is 11.2 Å². The number of amides is 1. The maximum absolute atomic E-state index is 12.7. The van der Waals surface area contributed by atoms with Crippen LogP contribution in [0.2, 0.25) is 0 Å². The van der Waals surface area contributed by atoms with Crippen molar-refractivity contribution in [2.45, 2.75) is 18.2 Å². The highest BCUT2D eigenvalue weighted by Crippen LogP contribution is 2.40. The molecule has 3 heterocycles. The van der Waals surface area contributed by atoms with Crippen LogP contribution < -0.4 is 14.7 Å². The van der Waals surface area contributed by atoms with Crippen LogP contribution in [0, 0.1) is 0 Å². The lowest BCUT2D eigenvalue weighted by Crippen LogP contribution is -2.58. The second-order valence-electron chi connectivity index (χ2n) is 5.53. The maximum atomic E-state index is 12.7. The molecule has 1 amide bonds. The van der Waals surface area contributed by atoms with Gasteiger partial charge in [-0.1, -0.05) is 28.6 Å². The molecule has 1 unspecified atom stereocenters. The molecule has 1 aromatic carbocycles. The predicted molar refractivity (Wildman–Crippen MR) is 94.5 cm³/mol. The molecule has 2 aromatic heterocycles. The van der Waals surface area contributed by atoms with Crippen LogP contribution in [0.3, 0.4) is 0 Å². The number of anilines is 1. The zero-order valence-electron chi connectivity index (χ0n) is 13.5. The van der Waals surface area contributed by atoms with Crippen molar-refractivity contribution in [3.05, 3.63) is 46.7 Å². The van der Waals surface area contributed by atoms with Gasteiger partial charge in [0, 0.05) is 17.4 Å². The Bertz CT molecular complexity index is 959. The van der Waals surface area contributed by atoms with Gasteiger partial charge in [-0.2, -0.15) is 11.3 Å². The predicted octanol–water partition coefficient (Wildman–Crippen LogP) is 2.20. The highest BCUT2D eigenvalue weighted by Gasteiger charge is 2.43. The molecule has 0 spiro atoms. The third kappa shape index (κ3) is 2.49. The molecule has 0 N–H and O–H groups in total. The summed E-state index contributed by atoms with van der Waals surface area (Å²) in [5.41, 5.74) is 2.68. The van der Waals surface area contributed by atoms with E-state index in [4.69, 9.17) is 0 Å². The van der Waals surface area contributed by atoms with Gasteiger partial charge in [0.1, 0.15) is 0 Å². The summed E-state index contributed by atoms with van der Waals surface area (Å²) in [5, 5.41) is 21.6. The van der Waals surface area contributed by atoms with Crippen molar-refractivity contribution in [2.24, 2.45) is 0 Å². The molecule has 0 aliphatic carbocycles. The standard InChI is InChI=1S/C17H14N4O2S2/c1-10(22)20-13-6-4-3-5-12(13)14-15(23)18-17(24-2)19-21(14)16(20)11-7-8-25-9-11/h3-9,16H,1-2H3. The molecule has 0 radical (unpaired) electrons. The lowest BCUT2D eigenvalue weighted by molar-refractivity contribution is -0.764. The Hall–Kier alpha value is -2.45. The van der Waals surface area contributed by atoms with Crippen molar-refractivity contribution in [1.29, 1.82) is 0 Å². The molecule has 8 heteroatoms. The topological polar surface area (TPSA) is 73.0 Å². The minimum atomic E-state index is -0.504. The van der Waals surface area contributed by atoms with Crippen molar-refractivity contribution in [3.63, 3.8) is 0 Å². The Morgan fingerprint density at radius 2 is 2.16 bits per heavy atom. The van der Waals surface area contributed by atoms with Gasteiger partial charge in [-0.3, -0.25) is 4.79 Å². The molecule has 1 aliphatic heterocycles. The van der Waals surface area contributed by atoms with Crippen LogP contribution in [0.5, 0.6) is 5.88 Å². The average Bonchev–Trinajstić information content (AvgIpc) is 3.13. The first-order valence-corrected chi connectivity index (χ1v) is 9.74. The Balaban J connectivity index is 2.09. The Kier molecular flexibility index (Phi) is 3.93. The highest BCUT2D eigenvalue weighted by atomic mass is 32.2. The van der Waals surface area contributed by atoms with E-state index in [0.29, 0.717) is 22.1 Å². The van der Waals surface area contributed by atoms with E-state index in [2.05, 4.69) is 10.1 Å². The summed E-state index contributed by atoms with van der Waals surface area (Å²) in [6, 6.07) is 9.32. The van der Waals surface area contributed by atoms with E-state index in [0.717, 1.165) is 5.56 Å². The van der Waals surface area contributed by atoms with Gasteiger partial charge >= 0.3 is 0 Å². The van der Waals surface area contributed by atoms with Crippen molar-refractivity contribution in [1.82, 2.24) is 10.1 Å². The van der Waals surface area contributed by atoms with Gasteiger partial charge in [0.15, 0.2) is 0 Å². The quantitative estimate of drug-likeness (QED) is 0.511. The first kappa shape index (κ1) is 16.0. The number of aromatic nitrogens is 3. The first-order valence-electron chi connectivity index (χ1n) is 7.58. The van der Waals surface area contributed by atoms with Gasteiger partial charge < -0.3 is 5.11 Å². The molecule has 25 heavy (non-hydrogen) atoms. The van der Waals surface area contributed by atoms with E-state index in [1.165, 1.54) is 30.0 Å². The molecule has 126 valence electrons. The average molecular weight is 370 g/mol. The normalized spacial score (nSPS) is 15.6. The summed E-state index contributed by atoms with van der Waals surface area (Å²) >= 11 is 2.84. The van der Waals surface area contributed by atoms with E-state index >= 15 is 0 Å². The summed E-state index contributed by atoms with van der Waals surface area (Å²) in [6.45, 7) is 1.52. The van der Waals surface area contributed by atoms with Crippen LogP contribution in [0.1, 0.15) is 18.7 Å². The molecule has 0 fully saturated rings. The van der Waals surface area contributed by atoms with Crippen molar-refractivity contribution in [3.8, 4) is 17.1 Å². The van der Waals surface area contributed by atoms with Crippen LogP contribution in [0.15, 0.2) is 46.2 Å². The monoisotopic (exact) mass is 370 g/mol. The molecular weight excluding hydrogens is 356 g/mol. The van der Waals surface area contributed by atoms with E-state index in [1.54, 1.807) is 9.58 Å². The highest BCUT2D eigenvalue weighted by molar-refractivity contribution is 7.98. The molecule has 1 aliphatic rings. The number of para-hydroxylation sites is 1. The summed E-state index contributed by atoms with van der Waals surface area (Å²) in [4.78, 5) is 18.3. The van der Waals surface area contributed by atoms with Crippen molar-refractivity contribution >= 4 is 34.7 Å². The minimum Gasteiger partial charge on any atom is -0.854 e. The third-order valence-corrected chi connectivity index (χ3v) is 5.32. The number of benzene rings is 1. The van der Waals surface area contributed by atoms with Crippen LogP contribution >= 0.6 is 23.1 Å². The molecular formula is C17H14N4O2S2. The van der Waals surface area contributed by atoms with Crippen LogP contribution in [-0.2, 0) is 4.79 Å². The van der Waals surface area contributed by atoms with Gasteiger partial charge in [-0.05, 0) is 29.8 Å². The Morgan fingerprint density at radius 1 is 1.36 bits per heavy atom. The fraction of sp³-hybridized carbons (Fsp3) is 0.176. The second-order valence-corrected chi connectivity index (χ2v) is 7.09. The fourth-order valence-corrected chi connectivity index (χ4v) is 4.10. The first-order chi connectivity index (χ1) is 12.1. The van der Waals surface area contributed by atoms with E-state index in [9.17, 15) is 9.90 Å². The summed E-state index contributed by atoms with van der Waals surface area (Å²) in [6.07, 6.45) is 1.32. The largest absolute Gasteiger partial charge is 0.854 e. The number of thiophene rings is 1. The van der Waals surface area contributed by atoms with Gasteiger partial charge in [0.05, 0.1) is 22.7 Å². The molecule has 3 aromatic rings. The van der Waals surface area contributed by atoms with Gasteiger partial charge in [0.25, 0.3) is 17.0 Å². The van der Waals surface area contributed by atoms with E-state index in [1.807, 2.05) is 47.3 Å². The lowest BCUT2D eigenvalue weighted by atomic mass is 10.0. The number of hydrogen-bond donors (Lipinski definition) is 0. The van der Waals surface area contributed by atoms with Gasteiger partial charge in [0.2, 0.25) is 5.91 Å². The number of hydrogen-bond acceptors (Lipinski definition) is 6. The molecule has 0 bridgehead atoms. The zero-order chi connectivity index (χ0) is 17.6. The molecule has 4 rings (SSSR count). The van der Waals surface area contributed by atoms with Gasteiger partial charge in [-0.25, -0.2) is 9.88 Å². The molecule has 1 atom stereocenters. The van der Waals surface area contributed by atoms with Crippen molar-refractivity contribution < 1.29 is 14.6 Å². The minimum absolute atomic E-state index is 0.112. The fourth-order valence-electron chi connectivity index (χ4n) is 3.08. The van der Waals surface area contributed by atoms with Crippen LogP contribution in [0.25, 0.3) is 11.3 Å². The van der Waals surface area contributed by atoms with E-state index in [-0.39, 0.29) is 11.8 Å². The van der Waals surface area contributed by atoms with E-state index < -0.39 is 6.17 Å². The maximum Gasteiger partial charge on any atom is 0.293 e. The number of fused-ring (bicyclic) bond motifs is 3. The van der Waals surface area contributed by atoms with Crippen LogP contribution in [-0.4, -0.2) is 22.2 Å². The Morgan fingerprint density at radius 3 is 2.84 bits per heavy atom. The molecule has 0 saturated carbocycles. The number of thioether (sulfide) groups is 1. The SMILES string of the molecule is CSc1nc([O-])c2[n+](n1)C(c1ccsc1)N(C(C)=O)c1ccccc1-2. The number of nitrogens with zero attached hydrogens (tertiary/aromatic N) is 4. The number of carbonyl (C=O) groups is 1. The zero-order valence-corrected chi connectivity index (χ0v) is 15.2. The second kappa shape index (κ2) is 6.12. The Labute approximate surface area is 152 Å². The van der Waals surface area contributed by atoms with Crippen LogP contribution in [0.4, 0.5) is 5.69 Å². The summed E-state index contributed by atoms with van der Waals surface area (Å²) in [5.74, 6) is -0.450.